The first kappa shape index (κ1) is 21.8. The second-order valence-corrected chi connectivity index (χ2v) is 8.58. The van der Waals surface area contributed by atoms with Gasteiger partial charge in [0, 0.05) is 22.4 Å². The van der Waals surface area contributed by atoms with Crippen molar-refractivity contribution in [2.75, 3.05) is 13.2 Å². The molecule has 0 heterocycles. The lowest BCUT2D eigenvalue weighted by Crippen LogP contribution is -2.23. The molecule has 0 spiro atoms. The summed E-state index contributed by atoms with van der Waals surface area (Å²) in [5, 5.41) is 12.2. The molecule has 6 nitrogen and oxygen atoms in total. The third-order valence-corrected chi connectivity index (χ3v) is 5.68. The molecule has 30 heavy (non-hydrogen) atoms. The van der Waals surface area contributed by atoms with Gasteiger partial charge in [0.15, 0.2) is 6.61 Å². The van der Waals surface area contributed by atoms with E-state index in [1.807, 2.05) is 24.3 Å². The predicted molar refractivity (Wildman–Crippen MR) is 118 cm³/mol. The zero-order valence-corrected chi connectivity index (χ0v) is 17.5. The molecule has 3 aromatic carbocycles. The summed E-state index contributed by atoms with van der Waals surface area (Å²) in [4.78, 5) is 10.8. The topological polar surface area (TPSA) is 92.7 Å². The van der Waals surface area contributed by atoms with Gasteiger partial charge in [-0.1, -0.05) is 54.1 Å². The molecule has 2 N–H and O–H groups in total. The largest absolute Gasteiger partial charge is 0.481 e. The van der Waals surface area contributed by atoms with Crippen molar-refractivity contribution in [3.05, 3.63) is 82.2 Å². The smallest absolute Gasteiger partial charge is 0.341 e. The first-order chi connectivity index (χ1) is 14.3. The number of rotatable bonds is 9. The van der Waals surface area contributed by atoms with Gasteiger partial charge >= 0.3 is 5.97 Å². The summed E-state index contributed by atoms with van der Waals surface area (Å²) in [7, 11) is -3.59. The lowest BCUT2D eigenvalue weighted by atomic mass is 10.0. The van der Waals surface area contributed by atoms with Crippen LogP contribution in [0, 0.1) is 0 Å². The van der Waals surface area contributed by atoms with Crippen LogP contribution in [-0.2, 0) is 21.2 Å². The molecule has 156 valence electrons. The second-order valence-electron chi connectivity index (χ2n) is 6.49. The van der Waals surface area contributed by atoms with Gasteiger partial charge in [0.05, 0.1) is 0 Å². The van der Waals surface area contributed by atoms with Gasteiger partial charge in [-0.25, -0.2) is 17.9 Å². The maximum absolute atomic E-state index is 12.2. The molecule has 0 aliphatic carbocycles. The van der Waals surface area contributed by atoms with E-state index >= 15 is 0 Å². The van der Waals surface area contributed by atoms with Crippen LogP contribution in [0.25, 0.3) is 16.8 Å². The highest BCUT2D eigenvalue weighted by Crippen LogP contribution is 2.28. The Labute approximate surface area is 179 Å². The molecule has 0 aliphatic rings. The van der Waals surface area contributed by atoms with Gasteiger partial charge in [-0.15, -0.1) is 0 Å². The zero-order chi connectivity index (χ0) is 21.6. The number of nitrogens with one attached hydrogen (secondary N) is 1. The molecule has 0 bridgehead atoms. The lowest BCUT2D eigenvalue weighted by molar-refractivity contribution is -0.139. The predicted octanol–water partition coefficient (Wildman–Crippen LogP) is 4.09. The van der Waals surface area contributed by atoms with Crippen molar-refractivity contribution in [2.45, 2.75) is 6.42 Å². The fourth-order valence-corrected chi connectivity index (χ4v) is 3.89. The molecule has 0 aromatic heterocycles. The Hall–Kier alpha value is -2.87. The number of carboxylic acid groups (broad SMARTS) is 1. The minimum atomic E-state index is -3.59. The molecule has 0 saturated carbocycles. The molecule has 0 atom stereocenters. The summed E-state index contributed by atoms with van der Waals surface area (Å²) < 4.78 is 32.4. The number of carboxylic acids is 1. The number of sulfonamides is 1. The van der Waals surface area contributed by atoms with Gasteiger partial charge in [-0.2, -0.15) is 0 Å². The highest BCUT2D eigenvalue weighted by atomic mass is 35.5. The Morgan fingerprint density at radius 2 is 1.73 bits per heavy atom. The Bertz CT molecular complexity index is 1170. The van der Waals surface area contributed by atoms with Gasteiger partial charge < -0.3 is 9.84 Å². The normalized spacial score (nSPS) is 11.8. The number of fused-ring (bicyclic) bond motifs is 1. The van der Waals surface area contributed by atoms with E-state index in [4.69, 9.17) is 21.4 Å². The van der Waals surface area contributed by atoms with Gasteiger partial charge in [0.25, 0.3) is 0 Å². The molecule has 0 amide bonds. The highest BCUT2D eigenvalue weighted by Gasteiger charge is 2.09. The van der Waals surface area contributed by atoms with Crippen LogP contribution in [0.3, 0.4) is 0 Å². The Kier molecular flexibility index (Phi) is 7.10. The van der Waals surface area contributed by atoms with Crippen molar-refractivity contribution in [1.82, 2.24) is 4.72 Å². The molecular weight excluding hydrogens is 426 g/mol. The molecule has 0 aliphatic heterocycles. The van der Waals surface area contributed by atoms with E-state index in [9.17, 15) is 13.2 Å². The van der Waals surface area contributed by atoms with Gasteiger partial charge in [-0.05, 0) is 47.2 Å². The van der Waals surface area contributed by atoms with Crippen LogP contribution in [0.1, 0.15) is 11.1 Å². The molecule has 0 fully saturated rings. The maximum Gasteiger partial charge on any atom is 0.341 e. The fourth-order valence-electron chi connectivity index (χ4n) is 2.95. The molecule has 8 heteroatoms. The zero-order valence-electron chi connectivity index (χ0n) is 15.9. The van der Waals surface area contributed by atoms with Crippen molar-refractivity contribution >= 4 is 44.4 Å². The van der Waals surface area contributed by atoms with E-state index in [2.05, 4.69) is 4.72 Å². The van der Waals surface area contributed by atoms with Crippen molar-refractivity contribution in [1.29, 1.82) is 0 Å². The Balaban J connectivity index is 1.67. The number of carbonyl (C=O) groups is 1. The van der Waals surface area contributed by atoms with E-state index in [-0.39, 0.29) is 6.54 Å². The first-order valence-electron chi connectivity index (χ1n) is 9.12. The molecule has 0 saturated heterocycles. The third kappa shape index (κ3) is 6.06. The second kappa shape index (κ2) is 9.75. The average Bonchev–Trinajstić information content (AvgIpc) is 2.72. The van der Waals surface area contributed by atoms with Crippen LogP contribution in [0.4, 0.5) is 0 Å². The van der Waals surface area contributed by atoms with Crippen LogP contribution in [-0.4, -0.2) is 32.6 Å². The Morgan fingerprint density at radius 3 is 2.47 bits per heavy atom. The van der Waals surface area contributed by atoms with Crippen LogP contribution in [0.2, 0.25) is 5.02 Å². The van der Waals surface area contributed by atoms with E-state index < -0.39 is 22.6 Å². The number of ether oxygens (including phenoxy) is 1. The minimum Gasteiger partial charge on any atom is -0.481 e. The Morgan fingerprint density at radius 1 is 1.03 bits per heavy atom. The molecule has 3 aromatic rings. The highest BCUT2D eigenvalue weighted by molar-refractivity contribution is 7.92. The van der Waals surface area contributed by atoms with Crippen LogP contribution in [0.5, 0.6) is 5.75 Å². The van der Waals surface area contributed by atoms with Crippen LogP contribution < -0.4 is 9.46 Å². The van der Waals surface area contributed by atoms with Crippen LogP contribution in [0.15, 0.2) is 66.1 Å². The molecule has 0 radical (unpaired) electrons. The van der Waals surface area contributed by atoms with Crippen molar-refractivity contribution in [3.63, 3.8) is 0 Å². The summed E-state index contributed by atoms with van der Waals surface area (Å²) >= 11 is 5.82. The minimum absolute atomic E-state index is 0.215. The summed E-state index contributed by atoms with van der Waals surface area (Å²) in [6.07, 6.45) is 1.97. The van der Waals surface area contributed by atoms with Gasteiger partial charge in [0.1, 0.15) is 5.75 Å². The molecule has 3 rings (SSSR count). The maximum atomic E-state index is 12.2. The van der Waals surface area contributed by atoms with E-state index in [1.54, 1.807) is 36.4 Å². The molecular formula is C22H20ClNO5S. The van der Waals surface area contributed by atoms with E-state index in [1.165, 1.54) is 6.08 Å². The number of halogens is 1. The summed E-state index contributed by atoms with van der Waals surface area (Å²) in [6, 6.07) is 17.8. The molecule has 0 unspecified atom stereocenters. The van der Waals surface area contributed by atoms with Crippen molar-refractivity contribution in [3.8, 4) is 5.75 Å². The average molecular weight is 446 g/mol. The summed E-state index contributed by atoms with van der Waals surface area (Å²) in [6.45, 7) is -0.213. The van der Waals surface area contributed by atoms with Crippen molar-refractivity contribution in [2.24, 2.45) is 0 Å². The van der Waals surface area contributed by atoms with Crippen LogP contribution >= 0.6 is 11.6 Å². The lowest BCUT2D eigenvalue weighted by Gasteiger charge is -2.11. The SMILES string of the molecule is O=C(O)COc1cccc2c(CCNS(=O)(=O)C=Cc3ccc(Cl)cc3)cccc12. The summed E-state index contributed by atoms with van der Waals surface area (Å²) in [5.74, 6) is -0.576. The monoisotopic (exact) mass is 445 g/mol. The quantitative estimate of drug-likeness (QED) is 0.517. The summed E-state index contributed by atoms with van der Waals surface area (Å²) in [5.41, 5.74) is 1.66. The third-order valence-electron chi connectivity index (χ3n) is 4.33. The number of hydrogen-bond donors (Lipinski definition) is 2. The van der Waals surface area contributed by atoms with Crippen molar-refractivity contribution < 1.29 is 23.1 Å². The first-order valence-corrected chi connectivity index (χ1v) is 11.0. The number of aliphatic carboxylic acids is 1. The van der Waals surface area contributed by atoms with Gasteiger partial charge in [-0.3, -0.25) is 0 Å². The van der Waals surface area contributed by atoms with E-state index in [0.717, 1.165) is 27.3 Å². The fraction of sp³-hybridized carbons (Fsp3) is 0.136. The van der Waals surface area contributed by atoms with E-state index in [0.29, 0.717) is 17.2 Å². The standard InChI is InChI=1S/C22H20ClNO5S/c23-18-9-7-16(8-10-18)12-14-30(27,28)24-13-11-17-3-1-5-20-19(17)4-2-6-21(20)29-15-22(25)26/h1-10,12,14,24H,11,13,15H2,(H,25,26). The number of benzene rings is 3. The number of hydrogen-bond acceptors (Lipinski definition) is 4. The van der Waals surface area contributed by atoms with Gasteiger partial charge in [0.2, 0.25) is 10.0 Å².